The average Bonchev–Trinajstić information content (AvgIpc) is 2.52. The molecule has 0 fully saturated rings. The normalized spacial score (nSPS) is 16.1. The van der Waals surface area contributed by atoms with Crippen LogP contribution in [0.3, 0.4) is 0 Å². The summed E-state index contributed by atoms with van der Waals surface area (Å²) in [5.41, 5.74) is 6.15. The number of aliphatic carboxylic acids is 1. The van der Waals surface area contributed by atoms with Crippen LogP contribution in [0.15, 0.2) is 47.4 Å². The van der Waals surface area contributed by atoms with Crippen molar-refractivity contribution in [3.05, 3.63) is 59.2 Å². The Labute approximate surface area is 147 Å². The summed E-state index contributed by atoms with van der Waals surface area (Å²) in [7, 11) is 0. The van der Waals surface area contributed by atoms with Gasteiger partial charge in [-0.1, -0.05) is 32.0 Å². The molecule has 2 aromatic rings. The molecule has 0 aliphatic carbocycles. The first kappa shape index (κ1) is 16.8. The predicted octanol–water partition coefficient (Wildman–Crippen LogP) is 5.53. The zero-order valence-corrected chi connectivity index (χ0v) is 15.1. The number of hydrogen-bond acceptors (Lipinski definition) is 2. The lowest BCUT2D eigenvalue weighted by Crippen LogP contribution is -2.22. The molecule has 124 valence electrons. The second-order valence-corrected chi connectivity index (χ2v) is 8.08. The van der Waals surface area contributed by atoms with Gasteiger partial charge < -0.3 is 5.11 Å². The van der Waals surface area contributed by atoms with E-state index < -0.39 is 5.97 Å². The second-order valence-electron chi connectivity index (χ2n) is 6.94. The van der Waals surface area contributed by atoms with Gasteiger partial charge in [-0.05, 0) is 76.6 Å². The van der Waals surface area contributed by atoms with Gasteiger partial charge in [-0.2, -0.15) is 0 Å². The molecule has 1 heterocycles. The average molecular weight is 338 g/mol. The molecule has 1 aliphatic heterocycles. The van der Waals surface area contributed by atoms with Gasteiger partial charge in [0.2, 0.25) is 0 Å². The van der Waals surface area contributed by atoms with Gasteiger partial charge in [0.25, 0.3) is 0 Å². The first-order chi connectivity index (χ1) is 11.4. The fourth-order valence-electron chi connectivity index (χ4n) is 3.17. The van der Waals surface area contributed by atoms with Crippen molar-refractivity contribution < 1.29 is 9.90 Å². The number of aryl methyl sites for hydroxylation is 1. The topological polar surface area (TPSA) is 37.3 Å². The smallest absolute Gasteiger partial charge is 0.328 e. The van der Waals surface area contributed by atoms with Crippen LogP contribution < -0.4 is 0 Å². The maximum Gasteiger partial charge on any atom is 0.328 e. The van der Waals surface area contributed by atoms with Gasteiger partial charge >= 0.3 is 5.97 Å². The first-order valence-corrected chi connectivity index (χ1v) is 9.15. The van der Waals surface area contributed by atoms with Crippen LogP contribution in [0.2, 0.25) is 0 Å². The summed E-state index contributed by atoms with van der Waals surface area (Å²) in [5, 5.41) is 8.81. The van der Waals surface area contributed by atoms with Crippen molar-refractivity contribution >= 4 is 23.8 Å². The summed E-state index contributed by atoms with van der Waals surface area (Å²) >= 11 is 1.95. The number of thioether (sulfide) groups is 1. The summed E-state index contributed by atoms with van der Waals surface area (Å²) < 4.78 is 0. The molecule has 0 aromatic heterocycles. The van der Waals surface area contributed by atoms with Crippen LogP contribution in [-0.4, -0.2) is 16.8 Å². The standard InChI is InChI=1S/C21H22O2S/c1-14-11-19-18(21(2,3)9-10-24-19)13-17(14)16-6-4-5-15(12-16)7-8-20(22)23/h4-8,11-13H,9-10H2,1-3H3,(H,22,23). The summed E-state index contributed by atoms with van der Waals surface area (Å²) in [4.78, 5) is 12.1. The van der Waals surface area contributed by atoms with Crippen LogP contribution in [0, 0.1) is 6.92 Å². The largest absolute Gasteiger partial charge is 0.478 e. The molecule has 2 nitrogen and oxygen atoms in total. The van der Waals surface area contributed by atoms with Gasteiger partial charge in [-0.25, -0.2) is 4.79 Å². The minimum atomic E-state index is -0.927. The van der Waals surface area contributed by atoms with Crippen LogP contribution in [-0.2, 0) is 10.2 Å². The number of carboxylic acid groups (broad SMARTS) is 1. The number of hydrogen-bond donors (Lipinski definition) is 1. The molecule has 1 aliphatic rings. The molecule has 0 spiro atoms. The highest BCUT2D eigenvalue weighted by molar-refractivity contribution is 7.99. The van der Waals surface area contributed by atoms with Crippen molar-refractivity contribution in [3.8, 4) is 11.1 Å². The molecule has 0 bridgehead atoms. The predicted molar refractivity (Wildman–Crippen MR) is 102 cm³/mol. The Kier molecular flexibility index (Phi) is 4.55. The van der Waals surface area contributed by atoms with Crippen molar-refractivity contribution in [2.24, 2.45) is 0 Å². The zero-order chi connectivity index (χ0) is 17.3. The number of rotatable bonds is 3. The van der Waals surface area contributed by atoms with Gasteiger partial charge in [-0.3, -0.25) is 0 Å². The molecule has 24 heavy (non-hydrogen) atoms. The van der Waals surface area contributed by atoms with Gasteiger partial charge in [0.05, 0.1) is 0 Å². The summed E-state index contributed by atoms with van der Waals surface area (Å²) in [6, 6.07) is 12.7. The highest BCUT2D eigenvalue weighted by Crippen LogP contribution is 2.44. The minimum Gasteiger partial charge on any atom is -0.478 e. The maximum atomic E-state index is 10.7. The van der Waals surface area contributed by atoms with E-state index in [-0.39, 0.29) is 5.41 Å². The third-order valence-corrected chi connectivity index (χ3v) is 5.71. The monoisotopic (exact) mass is 338 g/mol. The number of fused-ring (bicyclic) bond motifs is 1. The lowest BCUT2D eigenvalue weighted by atomic mass is 9.80. The van der Waals surface area contributed by atoms with Crippen LogP contribution in [0.1, 0.15) is 37.0 Å². The van der Waals surface area contributed by atoms with E-state index in [9.17, 15) is 4.79 Å². The Balaban J connectivity index is 2.07. The zero-order valence-electron chi connectivity index (χ0n) is 14.3. The van der Waals surface area contributed by atoms with Crippen molar-refractivity contribution in [2.75, 3.05) is 5.75 Å². The number of benzene rings is 2. The lowest BCUT2D eigenvalue weighted by Gasteiger charge is -2.33. The van der Waals surface area contributed by atoms with Crippen molar-refractivity contribution in [1.29, 1.82) is 0 Å². The highest BCUT2D eigenvalue weighted by atomic mass is 32.2. The Morgan fingerprint density at radius 1 is 1.25 bits per heavy atom. The van der Waals surface area contributed by atoms with Crippen molar-refractivity contribution in [2.45, 2.75) is 37.5 Å². The first-order valence-electron chi connectivity index (χ1n) is 8.16. The Morgan fingerprint density at radius 3 is 2.79 bits per heavy atom. The molecule has 0 saturated heterocycles. The second kappa shape index (κ2) is 6.48. The van der Waals surface area contributed by atoms with E-state index in [2.05, 4.69) is 45.0 Å². The van der Waals surface area contributed by atoms with Gasteiger partial charge in [0, 0.05) is 11.0 Å². The Bertz CT molecular complexity index is 819. The molecule has 3 rings (SSSR count). The third kappa shape index (κ3) is 3.41. The van der Waals surface area contributed by atoms with Gasteiger partial charge in [-0.15, -0.1) is 11.8 Å². The SMILES string of the molecule is Cc1cc2c(cc1-c1cccc(C=CC(=O)O)c1)C(C)(C)CCS2. The third-order valence-electron chi connectivity index (χ3n) is 4.66. The van der Waals surface area contributed by atoms with Crippen LogP contribution >= 0.6 is 11.8 Å². The molecule has 0 saturated carbocycles. The molecule has 0 atom stereocenters. The molecule has 0 radical (unpaired) electrons. The van der Waals surface area contributed by atoms with E-state index in [0.717, 1.165) is 11.1 Å². The van der Waals surface area contributed by atoms with E-state index in [1.54, 1.807) is 6.08 Å². The van der Waals surface area contributed by atoms with E-state index in [1.807, 2.05) is 23.9 Å². The molecule has 3 heteroatoms. The molecule has 0 amide bonds. The molecule has 1 N–H and O–H groups in total. The minimum absolute atomic E-state index is 0.198. The van der Waals surface area contributed by atoms with E-state index in [0.29, 0.717) is 0 Å². The van der Waals surface area contributed by atoms with Crippen LogP contribution in [0.25, 0.3) is 17.2 Å². The molecular weight excluding hydrogens is 316 g/mol. The van der Waals surface area contributed by atoms with Gasteiger partial charge in [0.15, 0.2) is 0 Å². The lowest BCUT2D eigenvalue weighted by molar-refractivity contribution is -0.131. The van der Waals surface area contributed by atoms with E-state index in [1.165, 1.54) is 39.8 Å². The Hall–Kier alpha value is -2.00. The van der Waals surface area contributed by atoms with E-state index >= 15 is 0 Å². The quantitative estimate of drug-likeness (QED) is 0.747. The molecule has 2 aromatic carbocycles. The number of carbonyl (C=O) groups is 1. The van der Waals surface area contributed by atoms with Crippen molar-refractivity contribution in [3.63, 3.8) is 0 Å². The fraction of sp³-hybridized carbons (Fsp3) is 0.286. The van der Waals surface area contributed by atoms with Gasteiger partial charge in [0.1, 0.15) is 0 Å². The maximum absolute atomic E-state index is 10.7. The summed E-state index contributed by atoms with van der Waals surface area (Å²) in [5.74, 6) is 0.248. The summed E-state index contributed by atoms with van der Waals surface area (Å²) in [6.07, 6.45) is 4.01. The highest BCUT2D eigenvalue weighted by Gasteiger charge is 2.28. The summed E-state index contributed by atoms with van der Waals surface area (Å²) in [6.45, 7) is 6.78. The van der Waals surface area contributed by atoms with Crippen molar-refractivity contribution in [1.82, 2.24) is 0 Å². The Morgan fingerprint density at radius 2 is 2.04 bits per heavy atom. The van der Waals surface area contributed by atoms with E-state index in [4.69, 9.17) is 5.11 Å². The molecular formula is C21H22O2S. The van der Waals surface area contributed by atoms with Crippen LogP contribution in [0.4, 0.5) is 0 Å². The fourth-order valence-corrected chi connectivity index (χ4v) is 4.75. The van der Waals surface area contributed by atoms with Crippen LogP contribution in [0.5, 0.6) is 0 Å². The number of carboxylic acids is 1. The molecule has 0 unspecified atom stereocenters.